The van der Waals surface area contributed by atoms with Gasteiger partial charge in [-0.3, -0.25) is 4.84 Å². The molecule has 0 bridgehead atoms. The van der Waals surface area contributed by atoms with E-state index >= 15 is 0 Å². The summed E-state index contributed by atoms with van der Waals surface area (Å²) < 4.78 is 4.88. The van der Waals surface area contributed by atoms with Crippen LogP contribution in [0.15, 0.2) is 0 Å². The lowest BCUT2D eigenvalue weighted by Crippen LogP contribution is -2.34. The van der Waals surface area contributed by atoms with E-state index in [1.54, 1.807) is 0 Å². The van der Waals surface area contributed by atoms with Crippen molar-refractivity contribution in [3.8, 4) is 0 Å². The summed E-state index contributed by atoms with van der Waals surface area (Å²) >= 11 is 0. The second kappa shape index (κ2) is 9.32. The van der Waals surface area contributed by atoms with Crippen LogP contribution in [0.4, 0.5) is 0 Å². The molecule has 0 heterocycles. The van der Waals surface area contributed by atoms with Crippen LogP contribution in [-0.2, 0) is 9.57 Å². The van der Waals surface area contributed by atoms with Gasteiger partial charge in [-0.2, -0.15) is 5.48 Å². The first-order valence-electron chi connectivity index (χ1n) is 4.62. The van der Waals surface area contributed by atoms with Gasteiger partial charge in [-0.15, -0.1) is 0 Å². The average molecular weight is 209 g/mol. The Bertz CT molecular complexity index is 124. The first-order valence-corrected chi connectivity index (χ1v) is 4.62. The van der Waals surface area contributed by atoms with Gasteiger partial charge in [0.25, 0.3) is 0 Å². The first-order chi connectivity index (χ1) is 6.70. The Hall–Kier alpha value is -0.240. The van der Waals surface area contributed by atoms with Crippen LogP contribution in [0.1, 0.15) is 13.3 Å². The first kappa shape index (κ1) is 13.8. The lowest BCUT2D eigenvalue weighted by molar-refractivity contribution is -0.0986. The van der Waals surface area contributed by atoms with Gasteiger partial charge in [0.1, 0.15) is 12.3 Å². The average Bonchev–Trinajstić information content (AvgIpc) is 2.18. The summed E-state index contributed by atoms with van der Waals surface area (Å²) in [7, 11) is 0. The number of hydrogen-bond acceptors (Lipinski definition) is 6. The number of hydroxylamine groups is 1. The summed E-state index contributed by atoms with van der Waals surface area (Å²) in [5, 5.41) is 26.5. The van der Waals surface area contributed by atoms with Gasteiger partial charge in [0, 0.05) is 0 Å². The van der Waals surface area contributed by atoms with Gasteiger partial charge in [-0.25, -0.2) is 0 Å². The highest BCUT2D eigenvalue weighted by molar-refractivity contribution is 4.50. The van der Waals surface area contributed by atoms with E-state index in [1.807, 2.05) is 6.92 Å². The van der Waals surface area contributed by atoms with Crippen LogP contribution in [-0.4, -0.2) is 54.1 Å². The molecule has 0 saturated carbocycles. The van der Waals surface area contributed by atoms with Crippen LogP contribution in [0.5, 0.6) is 0 Å². The Morgan fingerprint density at radius 1 is 1.29 bits per heavy atom. The molecule has 86 valence electrons. The maximum absolute atomic E-state index is 9.16. The molecule has 6 heteroatoms. The minimum atomic E-state index is -0.924. The van der Waals surface area contributed by atoms with Crippen LogP contribution < -0.4 is 5.48 Å². The summed E-state index contributed by atoms with van der Waals surface area (Å²) in [6, 6.07) is 0. The van der Waals surface area contributed by atoms with Crippen LogP contribution >= 0.6 is 0 Å². The zero-order valence-electron chi connectivity index (χ0n) is 8.35. The zero-order valence-corrected chi connectivity index (χ0v) is 8.35. The summed E-state index contributed by atoms with van der Waals surface area (Å²) in [4.78, 5) is 4.84. The number of aliphatic hydroxyl groups excluding tert-OH is 3. The van der Waals surface area contributed by atoms with Gasteiger partial charge >= 0.3 is 0 Å². The van der Waals surface area contributed by atoms with E-state index in [0.29, 0.717) is 6.61 Å². The molecule has 0 rings (SSSR count). The van der Waals surface area contributed by atoms with Gasteiger partial charge in [0.15, 0.2) is 0 Å². The Labute approximate surface area is 83.4 Å². The number of aliphatic hydroxyl groups is 3. The molecule has 0 aromatic heterocycles. The fourth-order valence-corrected chi connectivity index (χ4v) is 0.660. The van der Waals surface area contributed by atoms with Crippen LogP contribution in [0.2, 0.25) is 0 Å². The van der Waals surface area contributed by atoms with E-state index < -0.39 is 12.3 Å². The number of hydrogen-bond donors (Lipinski definition) is 4. The molecule has 2 unspecified atom stereocenters. The third-order valence-corrected chi connectivity index (χ3v) is 1.32. The molecule has 14 heavy (non-hydrogen) atoms. The minimum absolute atomic E-state index is 0.000768. The molecular weight excluding hydrogens is 190 g/mol. The van der Waals surface area contributed by atoms with E-state index in [1.165, 1.54) is 0 Å². The van der Waals surface area contributed by atoms with E-state index in [-0.39, 0.29) is 19.8 Å². The molecule has 0 aromatic rings. The third kappa shape index (κ3) is 8.36. The molecule has 0 aliphatic rings. The van der Waals surface area contributed by atoms with Gasteiger partial charge in [0.05, 0.1) is 26.4 Å². The van der Waals surface area contributed by atoms with Crippen molar-refractivity contribution in [3.63, 3.8) is 0 Å². The standard InChI is InChI=1S/C8H19NO5/c1-2-3-14-9-8(12)6-13-5-7(11)4-10/h7-12H,2-6H2,1H3. The van der Waals surface area contributed by atoms with Crippen LogP contribution in [0.25, 0.3) is 0 Å². The van der Waals surface area contributed by atoms with Gasteiger partial charge in [-0.05, 0) is 6.42 Å². The summed E-state index contributed by atoms with van der Waals surface area (Å²) in [5.74, 6) is 0. The molecule has 6 nitrogen and oxygen atoms in total. The molecule has 0 amide bonds. The van der Waals surface area contributed by atoms with Crippen molar-refractivity contribution in [1.82, 2.24) is 5.48 Å². The molecule has 0 spiro atoms. The van der Waals surface area contributed by atoms with E-state index in [0.717, 1.165) is 6.42 Å². The van der Waals surface area contributed by atoms with E-state index in [4.69, 9.17) is 24.9 Å². The van der Waals surface area contributed by atoms with Gasteiger partial charge in [0.2, 0.25) is 0 Å². The maximum Gasteiger partial charge on any atom is 0.150 e. The molecule has 0 saturated heterocycles. The van der Waals surface area contributed by atoms with Crippen molar-refractivity contribution < 1.29 is 24.9 Å². The molecule has 0 aromatic carbocycles. The van der Waals surface area contributed by atoms with E-state index in [2.05, 4.69) is 5.48 Å². The number of nitrogens with one attached hydrogen (secondary N) is 1. The SMILES string of the molecule is CCCONC(O)COCC(O)CO. The van der Waals surface area contributed by atoms with Crippen molar-refractivity contribution in [2.75, 3.05) is 26.4 Å². The predicted octanol–water partition coefficient (Wildman–Crippen LogP) is -1.39. The molecule has 0 radical (unpaired) electrons. The highest BCUT2D eigenvalue weighted by atomic mass is 16.7. The van der Waals surface area contributed by atoms with Crippen LogP contribution in [0, 0.1) is 0 Å². The van der Waals surface area contributed by atoms with E-state index in [9.17, 15) is 0 Å². The molecule has 0 aliphatic heterocycles. The molecule has 0 fully saturated rings. The molecule has 4 N–H and O–H groups in total. The lowest BCUT2D eigenvalue weighted by Gasteiger charge is -2.14. The zero-order chi connectivity index (χ0) is 10.8. The predicted molar refractivity (Wildman–Crippen MR) is 49.3 cm³/mol. The summed E-state index contributed by atoms with van der Waals surface area (Å²) in [6.45, 7) is 2.10. The van der Waals surface area contributed by atoms with Gasteiger partial charge < -0.3 is 20.1 Å². The molecular formula is C8H19NO5. The van der Waals surface area contributed by atoms with Crippen molar-refractivity contribution in [2.45, 2.75) is 25.7 Å². The Balaban J connectivity index is 3.21. The largest absolute Gasteiger partial charge is 0.394 e. The molecule has 2 atom stereocenters. The Kier molecular flexibility index (Phi) is 9.16. The Morgan fingerprint density at radius 3 is 2.57 bits per heavy atom. The lowest BCUT2D eigenvalue weighted by atomic mass is 10.4. The highest BCUT2D eigenvalue weighted by Crippen LogP contribution is 1.87. The second-order valence-electron chi connectivity index (χ2n) is 2.86. The molecule has 0 aliphatic carbocycles. The monoisotopic (exact) mass is 209 g/mol. The third-order valence-electron chi connectivity index (χ3n) is 1.32. The quantitative estimate of drug-likeness (QED) is 0.212. The number of rotatable bonds is 9. The van der Waals surface area contributed by atoms with Crippen molar-refractivity contribution in [1.29, 1.82) is 0 Å². The minimum Gasteiger partial charge on any atom is -0.394 e. The number of ether oxygens (including phenoxy) is 1. The van der Waals surface area contributed by atoms with Crippen molar-refractivity contribution >= 4 is 0 Å². The maximum atomic E-state index is 9.16. The van der Waals surface area contributed by atoms with Gasteiger partial charge in [-0.1, -0.05) is 6.92 Å². The smallest absolute Gasteiger partial charge is 0.150 e. The fraction of sp³-hybridized carbons (Fsp3) is 1.00. The Morgan fingerprint density at radius 2 is 2.00 bits per heavy atom. The van der Waals surface area contributed by atoms with Crippen molar-refractivity contribution in [2.24, 2.45) is 0 Å². The topological polar surface area (TPSA) is 91.2 Å². The van der Waals surface area contributed by atoms with Crippen LogP contribution in [0.3, 0.4) is 0 Å². The fourth-order valence-electron chi connectivity index (χ4n) is 0.660. The summed E-state index contributed by atoms with van der Waals surface area (Å²) in [5.41, 5.74) is 2.36. The second-order valence-corrected chi connectivity index (χ2v) is 2.86. The highest BCUT2D eigenvalue weighted by Gasteiger charge is 2.06. The normalized spacial score (nSPS) is 15.4. The summed E-state index contributed by atoms with van der Waals surface area (Å²) in [6.07, 6.45) is -0.977. The van der Waals surface area contributed by atoms with Crippen molar-refractivity contribution in [3.05, 3.63) is 0 Å².